The fraction of sp³-hybridized carbons (Fsp3) is 0.286. The van der Waals surface area contributed by atoms with Crippen molar-refractivity contribution in [2.75, 3.05) is 19.6 Å². The third-order valence-corrected chi connectivity index (χ3v) is 5.25. The van der Waals surface area contributed by atoms with Gasteiger partial charge in [-0.25, -0.2) is 4.39 Å². The van der Waals surface area contributed by atoms with E-state index in [0.29, 0.717) is 35.9 Å². The fourth-order valence-corrected chi connectivity index (χ4v) is 3.36. The zero-order chi connectivity index (χ0) is 19.7. The van der Waals surface area contributed by atoms with Crippen molar-refractivity contribution < 1.29 is 13.7 Å². The van der Waals surface area contributed by atoms with Crippen molar-refractivity contribution in [1.82, 2.24) is 15.0 Å². The molecule has 0 bridgehead atoms. The Morgan fingerprint density at radius 3 is 2.45 bits per heavy atom. The van der Waals surface area contributed by atoms with Crippen LogP contribution in [-0.2, 0) is 0 Å². The van der Waals surface area contributed by atoms with Gasteiger partial charge in [0.15, 0.2) is 0 Å². The van der Waals surface area contributed by atoms with E-state index in [1.54, 1.807) is 36.4 Å². The van der Waals surface area contributed by atoms with Crippen molar-refractivity contribution in [2.45, 2.75) is 13.3 Å². The number of nitrogens with zero attached hydrogens (tertiary/aromatic N) is 3. The van der Waals surface area contributed by atoms with Crippen LogP contribution in [0.1, 0.15) is 23.7 Å². The Balaban J connectivity index is 0.00000240. The van der Waals surface area contributed by atoms with Crippen molar-refractivity contribution in [3.8, 4) is 22.8 Å². The number of hydrogen-bond acceptors (Lipinski definition) is 5. The van der Waals surface area contributed by atoms with E-state index in [1.807, 2.05) is 4.90 Å². The largest absolute Gasteiger partial charge is 0.338 e. The van der Waals surface area contributed by atoms with Crippen LogP contribution in [-0.4, -0.2) is 40.6 Å². The summed E-state index contributed by atoms with van der Waals surface area (Å²) in [4.78, 5) is 18.9. The van der Waals surface area contributed by atoms with E-state index in [0.717, 1.165) is 18.5 Å². The van der Waals surface area contributed by atoms with Crippen LogP contribution >= 0.6 is 12.4 Å². The van der Waals surface area contributed by atoms with Crippen molar-refractivity contribution in [3.05, 3.63) is 59.9 Å². The Morgan fingerprint density at radius 1 is 1.17 bits per heavy atom. The Morgan fingerprint density at radius 2 is 1.83 bits per heavy atom. The van der Waals surface area contributed by atoms with Crippen LogP contribution in [0.2, 0.25) is 0 Å². The van der Waals surface area contributed by atoms with Crippen molar-refractivity contribution in [2.24, 2.45) is 11.1 Å². The van der Waals surface area contributed by atoms with Gasteiger partial charge in [-0.2, -0.15) is 4.98 Å². The summed E-state index contributed by atoms with van der Waals surface area (Å²) in [6.45, 7) is 4.08. The zero-order valence-corrected chi connectivity index (χ0v) is 16.8. The maximum absolute atomic E-state index is 13.0. The summed E-state index contributed by atoms with van der Waals surface area (Å²) in [5.74, 6) is 0.404. The van der Waals surface area contributed by atoms with Gasteiger partial charge < -0.3 is 15.2 Å². The van der Waals surface area contributed by atoms with Gasteiger partial charge in [0.1, 0.15) is 5.82 Å². The van der Waals surface area contributed by atoms with Crippen LogP contribution in [0.25, 0.3) is 22.8 Å². The molecule has 1 aromatic heterocycles. The van der Waals surface area contributed by atoms with Crippen molar-refractivity contribution in [3.63, 3.8) is 0 Å². The van der Waals surface area contributed by atoms with Gasteiger partial charge >= 0.3 is 0 Å². The molecule has 1 saturated heterocycles. The Kier molecular flexibility index (Phi) is 6.00. The van der Waals surface area contributed by atoms with Crippen molar-refractivity contribution in [1.29, 1.82) is 0 Å². The summed E-state index contributed by atoms with van der Waals surface area (Å²) in [7, 11) is 0. The molecular weight excluding hydrogens is 395 g/mol. The molecular formula is C21H22ClFN4O2. The second-order valence-electron chi connectivity index (χ2n) is 7.50. The third-order valence-electron chi connectivity index (χ3n) is 5.25. The molecule has 0 spiro atoms. The zero-order valence-electron chi connectivity index (χ0n) is 16.0. The summed E-state index contributed by atoms with van der Waals surface area (Å²) < 4.78 is 18.3. The smallest absolute Gasteiger partial charge is 0.258 e. The van der Waals surface area contributed by atoms with E-state index in [9.17, 15) is 9.18 Å². The summed E-state index contributed by atoms with van der Waals surface area (Å²) in [6.07, 6.45) is 0.919. The summed E-state index contributed by atoms with van der Waals surface area (Å²) in [5.41, 5.74) is 7.82. The molecule has 1 unspecified atom stereocenters. The monoisotopic (exact) mass is 416 g/mol. The van der Waals surface area contributed by atoms with Crippen LogP contribution in [0.5, 0.6) is 0 Å². The van der Waals surface area contributed by atoms with Gasteiger partial charge in [-0.05, 0) is 54.8 Å². The summed E-state index contributed by atoms with van der Waals surface area (Å²) >= 11 is 0. The van der Waals surface area contributed by atoms with E-state index in [-0.39, 0.29) is 29.5 Å². The van der Waals surface area contributed by atoms with E-state index in [2.05, 4.69) is 17.1 Å². The molecule has 0 aliphatic carbocycles. The molecule has 1 fully saturated rings. The second-order valence-corrected chi connectivity index (χ2v) is 7.50. The van der Waals surface area contributed by atoms with Crippen LogP contribution in [0.15, 0.2) is 53.1 Å². The fourth-order valence-electron chi connectivity index (χ4n) is 3.36. The number of rotatable bonds is 4. The first kappa shape index (κ1) is 21.0. The quantitative estimate of drug-likeness (QED) is 0.699. The van der Waals surface area contributed by atoms with E-state index in [1.165, 1.54) is 12.1 Å². The van der Waals surface area contributed by atoms with E-state index >= 15 is 0 Å². The molecule has 1 amide bonds. The van der Waals surface area contributed by atoms with Gasteiger partial charge in [0.05, 0.1) is 0 Å². The highest BCUT2D eigenvalue weighted by atomic mass is 35.5. The first-order valence-electron chi connectivity index (χ1n) is 9.17. The summed E-state index contributed by atoms with van der Waals surface area (Å²) in [5, 5.41) is 3.98. The highest BCUT2D eigenvalue weighted by Gasteiger charge is 2.35. The average molecular weight is 417 g/mol. The second kappa shape index (κ2) is 8.31. The molecule has 2 aromatic carbocycles. The van der Waals surface area contributed by atoms with Crippen LogP contribution in [0, 0.1) is 11.2 Å². The SMILES string of the molecule is CC1(CN)CCN(C(=O)c2ccc(-c3noc(-c4ccc(F)cc4)n3)cc2)C1.Cl. The van der Waals surface area contributed by atoms with Crippen LogP contribution in [0.4, 0.5) is 4.39 Å². The maximum atomic E-state index is 13.0. The predicted molar refractivity (Wildman–Crippen MR) is 110 cm³/mol. The number of likely N-dealkylation sites (tertiary alicyclic amines) is 1. The lowest BCUT2D eigenvalue weighted by Gasteiger charge is -2.22. The third kappa shape index (κ3) is 4.31. The topological polar surface area (TPSA) is 85.2 Å². The highest BCUT2D eigenvalue weighted by molar-refractivity contribution is 5.94. The van der Waals surface area contributed by atoms with Crippen molar-refractivity contribution >= 4 is 18.3 Å². The predicted octanol–water partition coefficient (Wildman–Crippen LogP) is 3.78. The lowest BCUT2D eigenvalue weighted by Crippen LogP contribution is -2.34. The molecule has 3 aromatic rings. The molecule has 1 atom stereocenters. The summed E-state index contributed by atoms with van der Waals surface area (Å²) in [6, 6.07) is 13.0. The minimum absolute atomic E-state index is 0. The highest BCUT2D eigenvalue weighted by Crippen LogP contribution is 2.30. The van der Waals surface area contributed by atoms with Gasteiger partial charge in [0, 0.05) is 29.8 Å². The number of aromatic nitrogens is 2. The number of carbonyl (C=O) groups excluding carboxylic acids is 1. The normalized spacial score (nSPS) is 18.5. The first-order chi connectivity index (χ1) is 13.5. The molecule has 2 N–H and O–H groups in total. The lowest BCUT2D eigenvalue weighted by molar-refractivity contribution is 0.0777. The molecule has 2 heterocycles. The molecule has 0 saturated carbocycles. The molecule has 1 aliphatic rings. The Labute approximate surface area is 174 Å². The van der Waals surface area contributed by atoms with Gasteiger partial charge in [-0.3, -0.25) is 4.79 Å². The minimum Gasteiger partial charge on any atom is -0.338 e. The molecule has 1 aliphatic heterocycles. The molecule has 6 nitrogen and oxygen atoms in total. The molecule has 0 radical (unpaired) electrons. The standard InChI is InChI=1S/C21H21FN4O2.ClH/c1-21(12-23)10-11-26(13-21)20(27)16-4-2-14(3-5-16)18-24-19(28-25-18)15-6-8-17(22)9-7-15;/h2-9H,10-13,23H2,1H3;1H. The van der Waals surface area contributed by atoms with Crippen LogP contribution in [0.3, 0.4) is 0 Å². The number of carbonyl (C=O) groups is 1. The Hall–Kier alpha value is -2.77. The molecule has 29 heavy (non-hydrogen) atoms. The Bertz CT molecular complexity index is 991. The van der Waals surface area contributed by atoms with Gasteiger partial charge in [0.2, 0.25) is 5.82 Å². The number of hydrogen-bond donors (Lipinski definition) is 1. The van der Waals surface area contributed by atoms with E-state index < -0.39 is 0 Å². The maximum Gasteiger partial charge on any atom is 0.258 e. The van der Waals surface area contributed by atoms with Crippen LogP contribution < -0.4 is 5.73 Å². The number of benzene rings is 2. The van der Waals surface area contributed by atoms with E-state index in [4.69, 9.17) is 10.3 Å². The van der Waals surface area contributed by atoms with Gasteiger partial charge in [-0.15, -0.1) is 12.4 Å². The molecule has 152 valence electrons. The van der Waals surface area contributed by atoms with Gasteiger partial charge in [-0.1, -0.05) is 24.2 Å². The minimum atomic E-state index is -0.325. The molecule has 4 rings (SSSR count). The lowest BCUT2D eigenvalue weighted by atomic mass is 9.90. The first-order valence-corrected chi connectivity index (χ1v) is 9.17. The number of nitrogens with two attached hydrogens (primary N) is 1. The number of amides is 1. The van der Waals surface area contributed by atoms with Gasteiger partial charge in [0.25, 0.3) is 11.8 Å². The number of halogens is 2. The molecule has 8 heteroatoms. The average Bonchev–Trinajstić information content (AvgIpc) is 3.36.